The molecule has 8 nitrogen and oxygen atoms in total. The summed E-state index contributed by atoms with van der Waals surface area (Å²) in [6, 6.07) is 17.1. The average Bonchev–Trinajstić information content (AvgIpc) is 3.09. The summed E-state index contributed by atoms with van der Waals surface area (Å²) in [5.41, 5.74) is 3.76. The summed E-state index contributed by atoms with van der Waals surface area (Å²) >= 11 is 0. The lowest BCUT2D eigenvalue weighted by molar-refractivity contribution is -0.122. The monoisotopic (exact) mass is 417 g/mol. The molecule has 4 rings (SSSR count). The molecule has 0 fully saturated rings. The van der Waals surface area contributed by atoms with E-state index in [0.29, 0.717) is 23.7 Å². The molecule has 0 radical (unpaired) electrons. The zero-order valence-corrected chi connectivity index (χ0v) is 17.6. The molecule has 0 aliphatic rings. The number of fused-ring (bicyclic) bond motifs is 1. The predicted octanol–water partition coefficient (Wildman–Crippen LogP) is 2.50. The van der Waals surface area contributed by atoms with Crippen molar-refractivity contribution in [3.63, 3.8) is 0 Å². The zero-order valence-electron chi connectivity index (χ0n) is 17.6. The molecular weight excluding hydrogens is 394 g/mol. The van der Waals surface area contributed by atoms with Crippen molar-refractivity contribution in [3.8, 4) is 17.0 Å². The number of hydrogen-bond donors (Lipinski definition) is 1. The molecule has 4 aromatic rings. The summed E-state index contributed by atoms with van der Waals surface area (Å²) in [4.78, 5) is 29.7. The number of aryl methyl sites for hydroxylation is 2. The van der Waals surface area contributed by atoms with Crippen molar-refractivity contribution < 1.29 is 9.53 Å². The SMILES string of the molecule is COc1ccc(-c2cc3nn(CC(=O)NCc4ccc(C)cc4)c(=O)n3c(C)n2)cc1. The Morgan fingerprint density at radius 1 is 1.06 bits per heavy atom. The minimum atomic E-state index is -0.397. The lowest BCUT2D eigenvalue weighted by atomic mass is 10.1. The van der Waals surface area contributed by atoms with Crippen LogP contribution in [0, 0.1) is 13.8 Å². The van der Waals surface area contributed by atoms with Crippen LogP contribution in [0.25, 0.3) is 16.9 Å². The van der Waals surface area contributed by atoms with Gasteiger partial charge in [0.15, 0.2) is 5.65 Å². The molecule has 0 aliphatic carbocycles. The minimum absolute atomic E-state index is 0.163. The maximum Gasteiger partial charge on any atom is 0.352 e. The van der Waals surface area contributed by atoms with Crippen LogP contribution in [0.1, 0.15) is 17.0 Å². The third kappa shape index (κ3) is 4.32. The summed E-state index contributed by atoms with van der Waals surface area (Å²) in [5, 5.41) is 7.17. The predicted molar refractivity (Wildman–Crippen MR) is 117 cm³/mol. The lowest BCUT2D eigenvalue weighted by Crippen LogP contribution is -2.32. The number of carbonyl (C=O) groups excluding carboxylic acids is 1. The number of nitrogens with zero attached hydrogens (tertiary/aromatic N) is 4. The molecule has 158 valence electrons. The van der Waals surface area contributed by atoms with Crippen LogP contribution in [0.5, 0.6) is 5.75 Å². The smallest absolute Gasteiger partial charge is 0.352 e. The van der Waals surface area contributed by atoms with Gasteiger partial charge in [0.25, 0.3) is 0 Å². The Labute approximate surface area is 179 Å². The quantitative estimate of drug-likeness (QED) is 0.521. The summed E-state index contributed by atoms with van der Waals surface area (Å²) < 4.78 is 7.75. The Kier molecular flexibility index (Phi) is 5.53. The van der Waals surface area contributed by atoms with Crippen LogP contribution in [-0.4, -0.2) is 32.2 Å². The fraction of sp³-hybridized carbons (Fsp3) is 0.217. The molecular formula is C23H23N5O3. The fourth-order valence-electron chi connectivity index (χ4n) is 3.31. The maximum absolute atomic E-state index is 12.8. The van der Waals surface area contributed by atoms with Crippen molar-refractivity contribution >= 4 is 11.6 Å². The Morgan fingerprint density at radius 3 is 2.45 bits per heavy atom. The summed E-state index contributed by atoms with van der Waals surface area (Å²) in [6.45, 7) is 3.98. The van der Waals surface area contributed by atoms with Crippen LogP contribution in [0.2, 0.25) is 0 Å². The van der Waals surface area contributed by atoms with Crippen LogP contribution in [0.15, 0.2) is 59.4 Å². The third-order valence-corrected chi connectivity index (χ3v) is 5.03. The number of aromatic nitrogens is 4. The minimum Gasteiger partial charge on any atom is -0.497 e. The summed E-state index contributed by atoms with van der Waals surface area (Å²) in [6.07, 6.45) is 0. The van der Waals surface area contributed by atoms with E-state index < -0.39 is 5.69 Å². The number of carbonyl (C=O) groups is 1. The Hall–Kier alpha value is -3.94. The van der Waals surface area contributed by atoms with E-state index in [2.05, 4.69) is 15.4 Å². The second-order valence-corrected chi connectivity index (χ2v) is 7.31. The van der Waals surface area contributed by atoms with Gasteiger partial charge in [-0.3, -0.25) is 4.79 Å². The van der Waals surface area contributed by atoms with Gasteiger partial charge >= 0.3 is 5.69 Å². The van der Waals surface area contributed by atoms with Crippen molar-refractivity contribution in [2.45, 2.75) is 26.9 Å². The van der Waals surface area contributed by atoms with Crippen LogP contribution in [0.3, 0.4) is 0 Å². The first kappa shape index (κ1) is 20.3. The molecule has 0 saturated carbocycles. The van der Waals surface area contributed by atoms with Crippen molar-refractivity contribution in [1.82, 2.24) is 24.5 Å². The molecule has 0 aliphatic heterocycles. The third-order valence-electron chi connectivity index (χ3n) is 5.03. The molecule has 0 saturated heterocycles. The van der Waals surface area contributed by atoms with Gasteiger partial charge in [-0.15, -0.1) is 5.10 Å². The van der Waals surface area contributed by atoms with E-state index >= 15 is 0 Å². The number of amides is 1. The lowest BCUT2D eigenvalue weighted by Gasteiger charge is -2.05. The van der Waals surface area contributed by atoms with Crippen LogP contribution in [0.4, 0.5) is 0 Å². The van der Waals surface area contributed by atoms with E-state index in [1.807, 2.05) is 55.5 Å². The van der Waals surface area contributed by atoms with Gasteiger partial charge in [-0.05, 0) is 43.7 Å². The average molecular weight is 417 g/mol. The fourth-order valence-corrected chi connectivity index (χ4v) is 3.31. The number of hydrogen-bond acceptors (Lipinski definition) is 5. The normalized spacial score (nSPS) is 10.9. The van der Waals surface area contributed by atoms with Gasteiger partial charge in [0.2, 0.25) is 5.91 Å². The van der Waals surface area contributed by atoms with E-state index in [1.165, 1.54) is 4.40 Å². The number of methoxy groups -OCH3 is 1. The first-order chi connectivity index (χ1) is 14.9. The Bertz CT molecular complexity index is 1290. The van der Waals surface area contributed by atoms with E-state index in [4.69, 9.17) is 4.74 Å². The van der Waals surface area contributed by atoms with Crippen LogP contribution < -0.4 is 15.7 Å². The zero-order chi connectivity index (χ0) is 22.0. The molecule has 2 aromatic heterocycles. The molecule has 8 heteroatoms. The number of ether oxygens (including phenoxy) is 1. The molecule has 0 bridgehead atoms. The molecule has 1 N–H and O–H groups in total. The highest BCUT2D eigenvalue weighted by molar-refractivity contribution is 5.75. The molecule has 31 heavy (non-hydrogen) atoms. The molecule has 2 aromatic carbocycles. The van der Waals surface area contributed by atoms with E-state index in [0.717, 1.165) is 27.1 Å². The number of nitrogens with one attached hydrogen (secondary N) is 1. The standard InChI is InChI=1S/C23H23N5O3/c1-15-4-6-17(7-5-15)13-24-22(29)14-27-23(30)28-16(2)25-20(12-21(28)26-27)18-8-10-19(31-3)11-9-18/h4-12H,13-14H2,1-3H3,(H,24,29). The van der Waals surface area contributed by atoms with Gasteiger partial charge in [0.1, 0.15) is 18.1 Å². The topological polar surface area (TPSA) is 90.5 Å². The van der Waals surface area contributed by atoms with Gasteiger partial charge in [0, 0.05) is 18.2 Å². The summed E-state index contributed by atoms with van der Waals surface area (Å²) in [7, 11) is 1.61. The summed E-state index contributed by atoms with van der Waals surface area (Å²) in [5.74, 6) is 0.963. The molecule has 0 unspecified atom stereocenters. The molecule has 1 amide bonds. The van der Waals surface area contributed by atoms with Crippen LogP contribution in [-0.2, 0) is 17.9 Å². The number of benzene rings is 2. The van der Waals surface area contributed by atoms with Crippen LogP contribution >= 0.6 is 0 Å². The first-order valence-corrected chi connectivity index (χ1v) is 9.88. The second kappa shape index (κ2) is 8.43. The van der Waals surface area contributed by atoms with Gasteiger partial charge < -0.3 is 10.1 Å². The van der Waals surface area contributed by atoms with Crippen molar-refractivity contribution in [2.75, 3.05) is 7.11 Å². The highest BCUT2D eigenvalue weighted by atomic mass is 16.5. The highest BCUT2D eigenvalue weighted by Gasteiger charge is 2.14. The number of rotatable bonds is 6. The van der Waals surface area contributed by atoms with E-state index in [9.17, 15) is 9.59 Å². The van der Waals surface area contributed by atoms with Gasteiger partial charge in [-0.2, -0.15) is 0 Å². The molecule has 0 spiro atoms. The first-order valence-electron chi connectivity index (χ1n) is 9.88. The van der Waals surface area contributed by atoms with Gasteiger partial charge in [-0.1, -0.05) is 29.8 Å². The van der Waals surface area contributed by atoms with E-state index in [-0.39, 0.29) is 12.5 Å². The Morgan fingerprint density at radius 2 is 1.77 bits per heavy atom. The van der Waals surface area contributed by atoms with Crippen molar-refractivity contribution in [3.05, 3.63) is 82.0 Å². The molecule has 0 atom stereocenters. The highest BCUT2D eigenvalue weighted by Crippen LogP contribution is 2.21. The van der Waals surface area contributed by atoms with Gasteiger partial charge in [-0.25, -0.2) is 18.9 Å². The van der Waals surface area contributed by atoms with E-state index in [1.54, 1.807) is 20.1 Å². The largest absolute Gasteiger partial charge is 0.497 e. The van der Waals surface area contributed by atoms with Crippen molar-refractivity contribution in [1.29, 1.82) is 0 Å². The van der Waals surface area contributed by atoms with Gasteiger partial charge in [0.05, 0.1) is 12.8 Å². The molecule has 2 heterocycles. The van der Waals surface area contributed by atoms with Crippen molar-refractivity contribution in [2.24, 2.45) is 0 Å². The Balaban J connectivity index is 1.55. The maximum atomic E-state index is 12.8. The second-order valence-electron chi connectivity index (χ2n) is 7.31.